The van der Waals surface area contributed by atoms with Gasteiger partial charge in [-0.25, -0.2) is 4.39 Å². The van der Waals surface area contributed by atoms with E-state index in [4.69, 9.17) is 11.6 Å². The van der Waals surface area contributed by atoms with Crippen LogP contribution >= 0.6 is 11.6 Å². The average Bonchev–Trinajstić information content (AvgIpc) is 3.20. The number of hydrogen-bond acceptors (Lipinski definition) is 2. The quantitative estimate of drug-likeness (QED) is 0.917. The standard InChI is InChI=1S/C15H20ClFN2/c16-13-5-2-11(8-14(13)17)9-19-7-1-6-18-15(10-19)12-3-4-12/h2,5,8,12,15,18H,1,3-4,6-7,9-10H2. The van der Waals surface area contributed by atoms with Gasteiger partial charge < -0.3 is 5.32 Å². The maximum atomic E-state index is 13.5. The molecule has 19 heavy (non-hydrogen) atoms. The van der Waals surface area contributed by atoms with Gasteiger partial charge >= 0.3 is 0 Å². The fraction of sp³-hybridized carbons (Fsp3) is 0.600. The van der Waals surface area contributed by atoms with Crippen LogP contribution in [0.2, 0.25) is 5.02 Å². The first kappa shape index (κ1) is 13.3. The minimum Gasteiger partial charge on any atom is -0.312 e. The summed E-state index contributed by atoms with van der Waals surface area (Å²) in [4.78, 5) is 2.44. The fourth-order valence-electron chi connectivity index (χ4n) is 2.88. The molecule has 4 heteroatoms. The zero-order chi connectivity index (χ0) is 13.2. The highest BCUT2D eigenvalue weighted by molar-refractivity contribution is 6.30. The van der Waals surface area contributed by atoms with Crippen molar-refractivity contribution >= 4 is 11.6 Å². The molecule has 2 nitrogen and oxygen atoms in total. The van der Waals surface area contributed by atoms with Crippen molar-refractivity contribution in [2.24, 2.45) is 5.92 Å². The summed E-state index contributed by atoms with van der Waals surface area (Å²) in [5.41, 5.74) is 1.01. The lowest BCUT2D eigenvalue weighted by atomic mass is 10.1. The summed E-state index contributed by atoms with van der Waals surface area (Å²) in [6.45, 7) is 4.08. The SMILES string of the molecule is Fc1cc(CN2CCCNC(C3CC3)C2)ccc1Cl. The molecule has 1 saturated carbocycles. The number of benzene rings is 1. The first-order valence-corrected chi connectivity index (χ1v) is 7.50. The Morgan fingerprint density at radius 2 is 2.21 bits per heavy atom. The molecule has 0 spiro atoms. The smallest absolute Gasteiger partial charge is 0.142 e. The molecule has 0 radical (unpaired) electrons. The minimum absolute atomic E-state index is 0.206. The molecule has 1 atom stereocenters. The summed E-state index contributed by atoms with van der Waals surface area (Å²) in [5.74, 6) is 0.549. The second kappa shape index (κ2) is 5.78. The molecular weight excluding hydrogens is 263 g/mol. The predicted molar refractivity (Wildman–Crippen MR) is 75.8 cm³/mol. The van der Waals surface area contributed by atoms with Crippen LogP contribution in [0.3, 0.4) is 0 Å². The largest absolute Gasteiger partial charge is 0.312 e. The van der Waals surface area contributed by atoms with Crippen molar-refractivity contribution in [3.63, 3.8) is 0 Å². The third-order valence-corrected chi connectivity index (χ3v) is 4.40. The van der Waals surface area contributed by atoms with Crippen LogP contribution < -0.4 is 5.32 Å². The molecule has 1 N–H and O–H groups in total. The van der Waals surface area contributed by atoms with Crippen LogP contribution in [-0.4, -0.2) is 30.6 Å². The third kappa shape index (κ3) is 3.47. The topological polar surface area (TPSA) is 15.3 Å². The normalized spacial score (nSPS) is 25.3. The summed E-state index contributed by atoms with van der Waals surface area (Å²) in [5, 5.41) is 3.85. The van der Waals surface area contributed by atoms with E-state index >= 15 is 0 Å². The van der Waals surface area contributed by atoms with E-state index in [-0.39, 0.29) is 10.8 Å². The maximum absolute atomic E-state index is 13.5. The molecule has 2 fully saturated rings. The molecule has 1 saturated heterocycles. The van der Waals surface area contributed by atoms with Gasteiger partial charge in [-0.1, -0.05) is 17.7 Å². The van der Waals surface area contributed by atoms with E-state index in [0.29, 0.717) is 6.04 Å². The van der Waals surface area contributed by atoms with Crippen LogP contribution in [0.5, 0.6) is 0 Å². The molecule has 1 aromatic rings. The van der Waals surface area contributed by atoms with Crippen LogP contribution in [-0.2, 0) is 6.54 Å². The second-order valence-electron chi connectivity index (χ2n) is 5.74. The molecule has 0 aromatic heterocycles. The Labute approximate surface area is 118 Å². The monoisotopic (exact) mass is 282 g/mol. The average molecular weight is 283 g/mol. The van der Waals surface area contributed by atoms with E-state index in [1.807, 2.05) is 6.07 Å². The number of hydrogen-bond donors (Lipinski definition) is 1. The van der Waals surface area contributed by atoms with Gasteiger partial charge in [0, 0.05) is 19.1 Å². The molecule has 1 heterocycles. The first-order valence-electron chi connectivity index (χ1n) is 7.12. The molecule has 1 aliphatic carbocycles. The van der Waals surface area contributed by atoms with Crippen LogP contribution in [0.25, 0.3) is 0 Å². The highest BCUT2D eigenvalue weighted by atomic mass is 35.5. The fourth-order valence-corrected chi connectivity index (χ4v) is 3.00. The van der Waals surface area contributed by atoms with Crippen molar-refractivity contribution in [1.29, 1.82) is 0 Å². The Balaban J connectivity index is 1.65. The van der Waals surface area contributed by atoms with Crippen molar-refractivity contribution in [3.05, 3.63) is 34.6 Å². The predicted octanol–water partition coefficient (Wildman–Crippen LogP) is 3.05. The van der Waals surface area contributed by atoms with Crippen LogP contribution in [0, 0.1) is 11.7 Å². The third-order valence-electron chi connectivity index (χ3n) is 4.09. The first-order chi connectivity index (χ1) is 9.22. The lowest BCUT2D eigenvalue weighted by molar-refractivity contribution is 0.250. The van der Waals surface area contributed by atoms with Crippen molar-refractivity contribution < 1.29 is 4.39 Å². The van der Waals surface area contributed by atoms with Crippen molar-refractivity contribution in [2.45, 2.75) is 31.8 Å². The molecule has 0 amide bonds. The van der Waals surface area contributed by atoms with Gasteiger partial charge in [-0.05, 0) is 56.0 Å². The Morgan fingerprint density at radius 1 is 1.37 bits per heavy atom. The highest BCUT2D eigenvalue weighted by Gasteiger charge is 2.32. The van der Waals surface area contributed by atoms with Crippen LogP contribution in [0.15, 0.2) is 18.2 Å². The Bertz CT molecular complexity index is 448. The van der Waals surface area contributed by atoms with E-state index in [2.05, 4.69) is 10.2 Å². The highest BCUT2D eigenvalue weighted by Crippen LogP contribution is 2.33. The summed E-state index contributed by atoms with van der Waals surface area (Å²) < 4.78 is 13.5. The van der Waals surface area contributed by atoms with Crippen LogP contribution in [0.1, 0.15) is 24.8 Å². The van der Waals surface area contributed by atoms with E-state index < -0.39 is 0 Å². The molecule has 2 aliphatic rings. The maximum Gasteiger partial charge on any atom is 0.142 e. The number of nitrogens with zero attached hydrogens (tertiary/aromatic N) is 1. The van der Waals surface area contributed by atoms with Gasteiger partial charge in [-0.2, -0.15) is 0 Å². The lowest BCUT2D eigenvalue weighted by Gasteiger charge is -2.24. The Morgan fingerprint density at radius 3 is 2.95 bits per heavy atom. The molecule has 104 valence electrons. The van der Waals surface area contributed by atoms with E-state index in [0.717, 1.165) is 37.7 Å². The molecule has 1 aliphatic heterocycles. The van der Waals surface area contributed by atoms with Gasteiger partial charge in [0.05, 0.1) is 5.02 Å². The van der Waals surface area contributed by atoms with Gasteiger partial charge in [0.15, 0.2) is 0 Å². The van der Waals surface area contributed by atoms with Crippen molar-refractivity contribution in [3.8, 4) is 0 Å². The number of halogens is 2. The lowest BCUT2D eigenvalue weighted by Crippen LogP contribution is -2.38. The van der Waals surface area contributed by atoms with Gasteiger partial charge in [0.25, 0.3) is 0 Å². The van der Waals surface area contributed by atoms with Gasteiger partial charge in [-0.15, -0.1) is 0 Å². The molecule has 0 bridgehead atoms. The Hall–Kier alpha value is -0.640. The van der Waals surface area contributed by atoms with Gasteiger partial charge in [0.2, 0.25) is 0 Å². The van der Waals surface area contributed by atoms with E-state index in [1.165, 1.54) is 19.3 Å². The zero-order valence-corrected chi connectivity index (χ0v) is 11.8. The zero-order valence-electron chi connectivity index (χ0n) is 11.0. The summed E-state index contributed by atoms with van der Waals surface area (Å²) >= 11 is 5.72. The summed E-state index contributed by atoms with van der Waals surface area (Å²) in [6.07, 6.45) is 3.89. The molecular formula is C15H20ClFN2. The molecule has 1 aromatic carbocycles. The van der Waals surface area contributed by atoms with Gasteiger partial charge in [-0.3, -0.25) is 4.90 Å². The summed E-state index contributed by atoms with van der Waals surface area (Å²) in [6, 6.07) is 5.77. The van der Waals surface area contributed by atoms with Gasteiger partial charge in [0.1, 0.15) is 5.82 Å². The van der Waals surface area contributed by atoms with Crippen molar-refractivity contribution in [1.82, 2.24) is 10.2 Å². The molecule has 1 unspecified atom stereocenters. The Kier molecular flexibility index (Phi) is 4.06. The minimum atomic E-state index is -0.314. The number of rotatable bonds is 3. The molecule has 3 rings (SSSR count). The number of nitrogens with one attached hydrogen (secondary N) is 1. The van der Waals surface area contributed by atoms with Crippen molar-refractivity contribution in [2.75, 3.05) is 19.6 Å². The van der Waals surface area contributed by atoms with Crippen LogP contribution in [0.4, 0.5) is 4.39 Å². The summed E-state index contributed by atoms with van der Waals surface area (Å²) in [7, 11) is 0. The second-order valence-corrected chi connectivity index (χ2v) is 6.14. The van der Waals surface area contributed by atoms with E-state index in [1.54, 1.807) is 12.1 Å². The van der Waals surface area contributed by atoms with E-state index in [9.17, 15) is 4.39 Å².